The molecule has 3 rings (SSSR count). The van der Waals surface area contributed by atoms with Gasteiger partial charge in [0, 0.05) is 18.5 Å². The lowest BCUT2D eigenvalue weighted by Gasteiger charge is -2.30. The number of aromatic amines is 1. The molecule has 0 aromatic carbocycles. The summed E-state index contributed by atoms with van der Waals surface area (Å²) in [6.07, 6.45) is 2.34. The van der Waals surface area contributed by atoms with Gasteiger partial charge in [-0.25, -0.2) is 9.50 Å². The van der Waals surface area contributed by atoms with Gasteiger partial charge in [-0.2, -0.15) is 0 Å². The molecule has 2 aromatic rings. The van der Waals surface area contributed by atoms with E-state index < -0.39 is 0 Å². The Bertz CT molecular complexity index is 600. The van der Waals surface area contributed by atoms with Crippen molar-refractivity contribution in [2.75, 3.05) is 19.6 Å². The second kappa shape index (κ2) is 4.57. The Morgan fingerprint density at radius 3 is 3.17 bits per heavy atom. The molecule has 18 heavy (non-hydrogen) atoms. The molecule has 5 nitrogen and oxygen atoms in total. The summed E-state index contributed by atoms with van der Waals surface area (Å²) in [5.41, 5.74) is 0.667. The summed E-state index contributed by atoms with van der Waals surface area (Å²) in [4.78, 5) is 18.7. The largest absolute Gasteiger partial charge is 0.303 e. The van der Waals surface area contributed by atoms with Crippen molar-refractivity contribution >= 4 is 5.65 Å². The van der Waals surface area contributed by atoms with Crippen LogP contribution in [0.1, 0.15) is 31.5 Å². The zero-order chi connectivity index (χ0) is 12.5. The highest BCUT2D eigenvalue weighted by molar-refractivity contribution is 5.36. The van der Waals surface area contributed by atoms with Crippen LogP contribution in [0.4, 0.5) is 0 Å². The smallest absolute Gasteiger partial charge is 0.271 e. The van der Waals surface area contributed by atoms with E-state index in [1.54, 1.807) is 12.1 Å². The minimum Gasteiger partial charge on any atom is -0.303 e. The third-order valence-electron chi connectivity index (χ3n) is 3.73. The zero-order valence-corrected chi connectivity index (χ0v) is 10.6. The van der Waals surface area contributed by atoms with Crippen molar-refractivity contribution in [1.82, 2.24) is 19.5 Å². The van der Waals surface area contributed by atoms with E-state index in [2.05, 4.69) is 21.9 Å². The van der Waals surface area contributed by atoms with Crippen LogP contribution in [-0.2, 0) is 0 Å². The molecule has 0 bridgehead atoms. The fraction of sp³-hybridized carbons (Fsp3) is 0.538. The van der Waals surface area contributed by atoms with Crippen LogP contribution < -0.4 is 5.56 Å². The Morgan fingerprint density at radius 1 is 1.50 bits per heavy atom. The average molecular weight is 246 g/mol. The molecule has 1 atom stereocenters. The van der Waals surface area contributed by atoms with Crippen LogP contribution in [-0.4, -0.2) is 39.1 Å². The van der Waals surface area contributed by atoms with Gasteiger partial charge in [-0.1, -0.05) is 13.0 Å². The van der Waals surface area contributed by atoms with Crippen molar-refractivity contribution in [2.45, 2.75) is 25.7 Å². The highest BCUT2D eigenvalue weighted by atomic mass is 16.1. The summed E-state index contributed by atoms with van der Waals surface area (Å²) in [5, 5.41) is 3.14. The van der Waals surface area contributed by atoms with Gasteiger partial charge in [0.15, 0.2) is 5.65 Å². The molecule has 1 aliphatic rings. The standard InChI is InChI=1S/C13H18N4O/c1-2-16-8-4-5-10(9-16)13-14-11-6-3-7-12(18)17(11)15-13/h3,6-7,10H,2,4-5,8-9H2,1H3,(H,14,15). The molecule has 2 aromatic heterocycles. The number of hydrogen-bond donors (Lipinski definition) is 1. The van der Waals surface area contributed by atoms with Crippen molar-refractivity contribution in [1.29, 1.82) is 0 Å². The van der Waals surface area contributed by atoms with E-state index in [-0.39, 0.29) is 5.56 Å². The number of rotatable bonds is 2. The van der Waals surface area contributed by atoms with E-state index in [1.807, 2.05) is 6.07 Å². The van der Waals surface area contributed by atoms with Crippen LogP contribution in [0.5, 0.6) is 0 Å². The summed E-state index contributed by atoms with van der Waals surface area (Å²) in [7, 11) is 0. The molecule has 96 valence electrons. The molecular formula is C13H18N4O. The van der Waals surface area contributed by atoms with Crippen molar-refractivity contribution in [3.8, 4) is 0 Å². The summed E-state index contributed by atoms with van der Waals surface area (Å²) >= 11 is 0. The van der Waals surface area contributed by atoms with Crippen LogP contribution in [0.15, 0.2) is 23.0 Å². The average Bonchev–Trinajstić information content (AvgIpc) is 2.84. The monoisotopic (exact) mass is 246 g/mol. The van der Waals surface area contributed by atoms with E-state index in [1.165, 1.54) is 17.5 Å². The summed E-state index contributed by atoms with van der Waals surface area (Å²) in [5.74, 6) is 1.36. The van der Waals surface area contributed by atoms with E-state index in [4.69, 9.17) is 0 Å². The number of nitrogens with one attached hydrogen (secondary N) is 1. The predicted molar refractivity (Wildman–Crippen MR) is 69.9 cm³/mol. The molecule has 0 spiro atoms. The lowest BCUT2D eigenvalue weighted by atomic mass is 9.97. The molecule has 3 heterocycles. The number of piperidine rings is 1. The van der Waals surface area contributed by atoms with Crippen molar-refractivity contribution < 1.29 is 0 Å². The van der Waals surface area contributed by atoms with Gasteiger partial charge in [-0.05, 0) is 32.0 Å². The lowest BCUT2D eigenvalue weighted by molar-refractivity contribution is 0.214. The minimum absolute atomic E-state index is 0.0468. The Morgan fingerprint density at radius 2 is 2.39 bits per heavy atom. The van der Waals surface area contributed by atoms with Gasteiger partial charge in [0.2, 0.25) is 0 Å². The van der Waals surface area contributed by atoms with Crippen LogP contribution in [0.25, 0.3) is 5.65 Å². The molecular weight excluding hydrogens is 228 g/mol. The molecule has 0 aliphatic carbocycles. The fourth-order valence-electron chi connectivity index (χ4n) is 2.69. The molecule has 0 amide bonds. The van der Waals surface area contributed by atoms with Gasteiger partial charge in [0.05, 0.1) is 0 Å². The van der Waals surface area contributed by atoms with Gasteiger partial charge in [-0.3, -0.25) is 9.89 Å². The van der Waals surface area contributed by atoms with E-state index in [0.717, 1.165) is 25.3 Å². The summed E-state index contributed by atoms with van der Waals surface area (Å²) in [6.45, 7) is 5.47. The maximum atomic E-state index is 11.7. The van der Waals surface area contributed by atoms with Gasteiger partial charge in [0.1, 0.15) is 5.82 Å². The third-order valence-corrected chi connectivity index (χ3v) is 3.73. The van der Waals surface area contributed by atoms with Gasteiger partial charge in [0.25, 0.3) is 5.56 Å². The number of pyridine rings is 1. The predicted octanol–water partition coefficient (Wildman–Crippen LogP) is 1.22. The number of likely N-dealkylation sites (N-methyl/N-ethyl adjacent to an activating group) is 1. The normalized spacial score (nSPS) is 21.5. The van der Waals surface area contributed by atoms with Crippen LogP contribution in [0, 0.1) is 0 Å². The highest BCUT2D eigenvalue weighted by Gasteiger charge is 2.23. The molecule has 1 fully saturated rings. The third kappa shape index (κ3) is 1.95. The Balaban J connectivity index is 1.94. The SMILES string of the molecule is CCN1CCCC(c2nc3cccc(=O)n3[nH]2)C1. The van der Waals surface area contributed by atoms with E-state index in [0.29, 0.717) is 11.6 Å². The highest BCUT2D eigenvalue weighted by Crippen LogP contribution is 2.24. The number of hydrogen-bond acceptors (Lipinski definition) is 3. The number of nitrogens with zero attached hydrogens (tertiary/aromatic N) is 3. The van der Waals surface area contributed by atoms with Crippen LogP contribution >= 0.6 is 0 Å². The molecule has 1 saturated heterocycles. The van der Waals surface area contributed by atoms with Crippen molar-refractivity contribution in [2.24, 2.45) is 0 Å². The number of H-pyrrole nitrogens is 1. The minimum atomic E-state index is -0.0468. The molecule has 0 radical (unpaired) electrons. The van der Waals surface area contributed by atoms with Crippen LogP contribution in [0.2, 0.25) is 0 Å². The first kappa shape index (κ1) is 11.5. The maximum absolute atomic E-state index is 11.7. The second-order valence-corrected chi connectivity index (χ2v) is 4.90. The van der Waals surface area contributed by atoms with E-state index in [9.17, 15) is 4.79 Å². The topological polar surface area (TPSA) is 53.4 Å². The molecule has 0 saturated carbocycles. The second-order valence-electron chi connectivity index (χ2n) is 4.90. The number of fused-ring (bicyclic) bond motifs is 1. The Labute approximate surface area is 105 Å². The fourth-order valence-corrected chi connectivity index (χ4v) is 2.69. The van der Waals surface area contributed by atoms with Gasteiger partial charge in [-0.15, -0.1) is 0 Å². The molecule has 1 aliphatic heterocycles. The van der Waals surface area contributed by atoms with Crippen LogP contribution in [0.3, 0.4) is 0 Å². The first-order chi connectivity index (χ1) is 8.78. The summed E-state index contributed by atoms with van der Waals surface area (Å²) in [6, 6.07) is 5.16. The van der Waals surface area contributed by atoms with Crippen molar-refractivity contribution in [3.63, 3.8) is 0 Å². The van der Waals surface area contributed by atoms with Gasteiger partial charge < -0.3 is 4.90 Å². The molecule has 1 unspecified atom stereocenters. The lowest BCUT2D eigenvalue weighted by Crippen LogP contribution is -2.34. The number of aromatic nitrogens is 3. The Kier molecular flexibility index (Phi) is 2.91. The molecule has 5 heteroatoms. The Hall–Kier alpha value is -1.62. The number of likely N-dealkylation sites (tertiary alicyclic amines) is 1. The summed E-state index contributed by atoms with van der Waals surface area (Å²) < 4.78 is 1.53. The maximum Gasteiger partial charge on any atom is 0.271 e. The first-order valence-corrected chi connectivity index (χ1v) is 6.58. The molecule has 1 N–H and O–H groups in total. The van der Waals surface area contributed by atoms with E-state index >= 15 is 0 Å². The quantitative estimate of drug-likeness (QED) is 0.867. The van der Waals surface area contributed by atoms with Crippen molar-refractivity contribution in [3.05, 3.63) is 34.4 Å². The zero-order valence-electron chi connectivity index (χ0n) is 10.6. The first-order valence-electron chi connectivity index (χ1n) is 6.58. The van der Waals surface area contributed by atoms with Gasteiger partial charge >= 0.3 is 0 Å².